The van der Waals surface area contributed by atoms with Crippen LogP contribution in [0.2, 0.25) is 0 Å². The lowest BCUT2D eigenvalue weighted by atomic mass is 12.0. The van der Waals surface area contributed by atoms with Gasteiger partial charge < -0.3 is 0 Å². The third-order valence-electron chi connectivity index (χ3n) is 0. The first kappa shape index (κ1) is 158. The first-order chi connectivity index (χ1) is 1.00. The Bertz CT molecular complexity index is 6.49. The van der Waals surface area contributed by atoms with Crippen molar-refractivity contribution in [3.05, 3.63) is 0 Å². The highest BCUT2D eigenvalue weighted by Gasteiger charge is 0.906. The predicted octanol–water partition coefficient (Wildman–Crippen LogP) is 3.73. The summed E-state index contributed by atoms with van der Waals surface area (Å²) >= 11 is 0. The largest absolute Gasteiger partial charge is 0.153 e. The molecule has 0 heterocycles. The molecular formula is C6H28P2. The molecule has 0 saturated heterocycles. The van der Waals surface area contributed by atoms with E-state index in [0.717, 1.165) is 0 Å². The standard InChI is InChI=1S/CH5P.5CH4.H3P/c1-2;;;;;;/h2H2,1H3;5*1H4;1H3. The minimum absolute atomic E-state index is 0. The van der Waals surface area contributed by atoms with E-state index >= 15 is 0 Å². The van der Waals surface area contributed by atoms with Gasteiger partial charge in [-0.05, 0) is 0 Å². The van der Waals surface area contributed by atoms with Gasteiger partial charge in [0.25, 0.3) is 0 Å². The number of hydrogen-bond donors (Lipinski definition) is 0. The van der Waals surface area contributed by atoms with Crippen molar-refractivity contribution < 1.29 is 0 Å². The van der Waals surface area contributed by atoms with E-state index in [1.54, 1.807) is 0 Å². The van der Waals surface area contributed by atoms with Crippen molar-refractivity contribution in [1.82, 2.24) is 0 Å². The third-order valence-corrected chi connectivity index (χ3v) is 0. The van der Waals surface area contributed by atoms with Crippen molar-refractivity contribution in [2.45, 2.75) is 37.1 Å². The molecule has 0 N–H and O–H groups in total. The Labute approximate surface area is 63.7 Å². The molecule has 0 aliphatic heterocycles. The van der Waals surface area contributed by atoms with Crippen LogP contribution < -0.4 is 0 Å². The maximum atomic E-state index is 2.42. The highest BCUT2D eigenvalue weighted by atomic mass is 31.0. The van der Waals surface area contributed by atoms with Crippen LogP contribution in [-0.2, 0) is 0 Å². The summed E-state index contributed by atoms with van der Waals surface area (Å²) in [4.78, 5) is 0. The molecule has 0 amide bonds. The van der Waals surface area contributed by atoms with E-state index in [0.29, 0.717) is 0 Å². The molecule has 0 aliphatic rings. The zero-order valence-corrected chi connectivity index (χ0v) is 4.85. The van der Waals surface area contributed by atoms with Crippen molar-refractivity contribution in [3.8, 4) is 0 Å². The average molecular weight is 162 g/mol. The third kappa shape index (κ3) is 319. The maximum absolute atomic E-state index is 2.42. The summed E-state index contributed by atoms with van der Waals surface area (Å²) in [6, 6.07) is 0. The second-order valence-corrected chi connectivity index (χ2v) is 0. The molecule has 8 heavy (non-hydrogen) atoms. The van der Waals surface area contributed by atoms with Crippen LogP contribution in [0, 0.1) is 0 Å². The van der Waals surface area contributed by atoms with Gasteiger partial charge in [-0.2, -0.15) is 9.90 Å². The lowest BCUT2D eigenvalue weighted by Gasteiger charge is -1.10. The van der Waals surface area contributed by atoms with Crippen molar-refractivity contribution in [1.29, 1.82) is 0 Å². The van der Waals surface area contributed by atoms with Gasteiger partial charge in [0.1, 0.15) is 0 Å². The lowest BCUT2D eigenvalue weighted by Crippen LogP contribution is -0.804. The summed E-state index contributed by atoms with van der Waals surface area (Å²) in [5.74, 6) is 0. The van der Waals surface area contributed by atoms with E-state index in [-0.39, 0.29) is 47.0 Å². The smallest absolute Gasteiger partial charge is 0.0500 e. The van der Waals surface area contributed by atoms with Crippen LogP contribution in [0.1, 0.15) is 37.1 Å². The fourth-order valence-corrected chi connectivity index (χ4v) is 0. The molecule has 0 nitrogen and oxygen atoms in total. The van der Waals surface area contributed by atoms with Crippen LogP contribution in [0.15, 0.2) is 0 Å². The Morgan fingerprint density at radius 2 is 0.625 bits per heavy atom. The highest BCUT2D eigenvalue weighted by molar-refractivity contribution is 7.15. The van der Waals surface area contributed by atoms with Gasteiger partial charge in [0.2, 0.25) is 0 Å². The fourth-order valence-electron chi connectivity index (χ4n) is 0. The zero-order valence-electron chi connectivity index (χ0n) is 2.28. The summed E-state index contributed by atoms with van der Waals surface area (Å²) in [5, 5.41) is 0. The monoisotopic (exact) mass is 162 g/mol. The van der Waals surface area contributed by atoms with E-state index < -0.39 is 0 Å². The molecule has 0 spiro atoms. The van der Waals surface area contributed by atoms with Gasteiger partial charge in [-0.25, -0.2) is 0 Å². The second-order valence-electron chi connectivity index (χ2n) is 0. The number of hydrogen-bond acceptors (Lipinski definition) is 0. The Morgan fingerprint density at radius 1 is 0.625 bits per heavy atom. The van der Waals surface area contributed by atoms with Crippen molar-refractivity contribution in [2.24, 2.45) is 0 Å². The Morgan fingerprint density at radius 3 is 0.625 bits per heavy atom. The van der Waals surface area contributed by atoms with E-state index in [4.69, 9.17) is 0 Å². The molecule has 0 saturated carbocycles. The van der Waals surface area contributed by atoms with Gasteiger partial charge >= 0.3 is 0 Å². The molecule has 0 rings (SSSR count). The van der Waals surface area contributed by atoms with Gasteiger partial charge in [-0.15, -0.1) is 9.24 Å². The molecule has 2 unspecified atom stereocenters. The zero-order chi connectivity index (χ0) is 2.00. The first-order valence-corrected chi connectivity index (χ1v) is 1.73. The van der Waals surface area contributed by atoms with E-state index in [9.17, 15) is 0 Å². The van der Waals surface area contributed by atoms with Crippen LogP contribution in [0.4, 0.5) is 0 Å². The highest BCUT2D eigenvalue weighted by Crippen LogP contribution is 1.46. The maximum Gasteiger partial charge on any atom is -0.0500 e. The fraction of sp³-hybridized carbons (Fsp3) is 1.00. The lowest BCUT2D eigenvalue weighted by molar-refractivity contribution is 2.50. The minimum Gasteiger partial charge on any atom is -0.153 e. The molecular weight excluding hydrogens is 134 g/mol. The van der Waals surface area contributed by atoms with Crippen molar-refractivity contribution in [3.63, 3.8) is 0 Å². The molecule has 0 radical (unpaired) electrons. The first-order valence-electron chi connectivity index (χ1n) is 0.577. The summed E-state index contributed by atoms with van der Waals surface area (Å²) in [6.07, 6.45) is 0. The average Bonchev–Trinajstić information content (AvgIpc) is 1.00. The normalized spacial score (nSPS) is 0.750. The Balaban J connectivity index is -0.000000000333. The summed E-state index contributed by atoms with van der Waals surface area (Å²) in [5.41, 5.74) is 0. The topological polar surface area (TPSA) is 0 Å². The summed E-state index contributed by atoms with van der Waals surface area (Å²) in [6.45, 7) is 1.92. The summed E-state index contributed by atoms with van der Waals surface area (Å²) < 4.78 is 0. The van der Waals surface area contributed by atoms with E-state index in [2.05, 4.69) is 9.24 Å². The van der Waals surface area contributed by atoms with Gasteiger partial charge in [-0.1, -0.05) is 43.8 Å². The minimum atomic E-state index is 0. The molecule has 0 aromatic rings. The number of rotatable bonds is 0. The SMILES string of the molecule is C.C.C.C.C.CP.P. The Hall–Kier alpha value is 0.860. The molecule has 0 aromatic heterocycles. The van der Waals surface area contributed by atoms with Crippen LogP contribution in [0.3, 0.4) is 0 Å². The van der Waals surface area contributed by atoms with Crippen molar-refractivity contribution in [2.75, 3.05) is 6.66 Å². The van der Waals surface area contributed by atoms with Crippen LogP contribution in [-0.4, -0.2) is 6.66 Å². The quantitative estimate of drug-likeness (QED) is 0.476. The van der Waals surface area contributed by atoms with E-state index in [1.807, 2.05) is 6.66 Å². The molecule has 0 bridgehead atoms. The van der Waals surface area contributed by atoms with Crippen molar-refractivity contribution >= 4 is 19.1 Å². The van der Waals surface area contributed by atoms with E-state index in [1.165, 1.54) is 0 Å². The predicted molar refractivity (Wildman–Crippen MR) is 60.4 cm³/mol. The second kappa shape index (κ2) is 500. The van der Waals surface area contributed by atoms with Crippen LogP contribution >= 0.6 is 19.1 Å². The molecule has 2 atom stereocenters. The molecule has 62 valence electrons. The van der Waals surface area contributed by atoms with Gasteiger partial charge in [0, 0.05) is 0 Å². The van der Waals surface area contributed by atoms with Gasteiger partial charge in [-0.3, -0.25) is 0 Å². The Kier molecular flexibility index (Phi) is 9890. The molecule has 0 aromatic carbocycles. The van der Waals surface area contributed by atoms with Gasteiger partial charge in [0.05, 0.1) is 0 Å². The van der Waals surface area contributed by atoms with Crippen LogP contribution in [0.5, 0.6) is 0 Å². The summed E-state index contributed by atoms with van der Waals surface area (Å²) in [7, 11) is 2.42. The van der Waals surface area contributed by atoms with Crippen LogP contribution in [0.25, 0.3) is 0 Å². The van der Waals surface area contributed by atoms with Gasteiger partial charge in [0.15, 0.2) is 0 Å². The molecule has 0 fully saturated rings. The molecule has 0 aliphatic carbocycles. The molecule has 2 heteroatoms.